The molecule has 1 aliphatic rings. The fourth-order valence-corrected chi connectivity index (χ4v) is 4.21. The van der Waals surface area contributed by atoms with Crippen molar-refractivity contribution in [1.82, 2.24) is 14.8 Å². The van der Waals surface area contributed by atoms with Crippen LogP contribution in [0, 0.1) is 0 Å². The van der Waals surface area contributed by atoms with E-state index in [0.29, 0.717) is 24.3 Å². The third kappa shape index (κ3) is 5.03. The molecule has 2 aromatic carbocycles. The van der Waals surface area contributed by atoms with Crippen molar-refractivity contribution in [3.63, 3.8) is 0 Å². The molecule has 2 N–H and O–H groups in total. The Labute approximate surface area is 182 Å². The van der Waals surface area contributed by atoms with Crippen LogP contribution >= 0.6 is 0 Å². The van der Waals surface area contributed by atoms with Crippen LogP contribution in [-0.2, 0) is 18.4 Å². The van der Waals surface area contributed by atoms with Crippen LogP contribution in [0.5, 0.6) is 0 Å². The number of aromatic nitrogens is 1. The van der Waals surface area contributed by atoms with E-state index in [1.165, 1.54) is 5.69 Å². The Hall–Kier alpha value is -3.38. The predicted molar refractivity (Wildman–Crippen MR) is 122 cm³/mol. The number of hydrogen-bond acceptors (Lipinski definition) is 3. The Morgan fingerprint density at radius 1 is 1.00 bits per heavy atom. The number of likely N-dealkylation sites (tertiary alicyclic amines) is 1. The van der Waals surface area contributed by atoms with Crippen molar-refractivity contribution in [2.75, 3.05) is 18.4 Å². The van der Waals surface area contributed by atoms with Gasteiger partial charge < -0.3 is 15.2 Å². The molecule has 2 amide bonds. The van der Waals surface area contributed by atoms with E-state index in [1.54, 1.807) is 18.2 Å². The summed E-state index contributed by atoms with van der Waals surface area (Å²) in [5.74, 6) is -0.313. The van der Waals surface area contributed by atoms with Crippen LogP contribution in [0.3, 0.4) is 0 Å². The number of amides is 2. The molecule has 0 bridgehead atoms. The molecule has 0 aliphatic carbocycles. The minimum Gasteiger partial charge on any atom is -0.353 e. The quantitative estimate of drug-likeness (QED) is 0.617. The van der Waals surface area contributed by atoms with Gasteiger partial charge in [0.05, 0.1) is 23.8 Å². The van der Waals surface area contributed by atoms with E-state index in [1.807, 2.05) is 55.7 Å². The van der Waals surface area contributed by atoms with E-state index < -0.39 is 0 Å². The molecule has 0 unspecified atom stereocenters. The number of carbonyl (C=O) groups excluding carboxylic acids is 2. The molecule has 4 rings (SSSR count). The van der Waals surface area contributed by atoms with Crippen LogP contribution < -0.4 is 10.6 Å². The molecule has 31 heavy (non-hydrogen) atoms. The number of hydrogen-bond donors (Lipinski definition) is 2. The first-order chi connectivity index (χ1) is 15.1. The second-order valence-electron chi connectivity index (χ2n) is 7.93. The zero-order valence-electron chi connectivity index (χ0n) is 17.8. The Bertz CT molecular complexity index is 1040. The molecule has 6 heteroatoms. The third-order valence-corrected chi connectivity index (χ3v) is 5.78. The van der Waals surface area contributed by atoms with Crippen LogP contribution in [0.2, 0.25) is 0 Å². The van der Waals surface area contributed by atoms with Crippen molar-refractivity contribution in [3.05, 3.63) is 89.7 Å². The van der Waals surface area contributed by atoms with Crippen LogP contribution in [0.25, 0.3) is 0 Å². The maximum atomic E-state index is 12.8. The predicted octanol–water partition coefficient (Wildman–Crippen LogP) is 3.73. The summed E-state index contributed by atoms with van der Waals surface area (Å²) in [5, 5.41) is 5.88. The first-order valence-corrected chi connectivity index (χ1v) is 10.7. The molecule has 6 nitrogen and oxygen atoms in total. The molecule has 1 aliphatic heterocycles. The Morgan fingerprint density at radius 3 is 2.55 bits per heavy atom. The first kappa shape index (κ1) is 20.9. The highest BCUT2D eigenvalue weighted by Crippen LogP contribution is 2.31. The van der Waals surface area contributed by atoms with E-state index in [4.69, 9.17) is 0 Å². The van der Waals surface area contributed by atoms with Crippen molar-refractivity contribution in [1.29, 1.82) is 0 Å². The highest BCUT2D eigenvalue weighted by atomic mass is 16.2. The van der Waals surface area contributed by atoms with Gasteiger partial charge in [0.25, 0.3) is 5.91 Å². The number of anilines is 1. The van der Waals surface area contributed by atoms with Crippen molar-refractivity contribution >= 4 is 17.5 Å². The van der Waals surface area contributed by atoms with Gasteiger partial charge >= 0.3 is 0 Å². The van der Waals surface area contributed by atoms with E-state index >= 15 is 0 Å². The largest absolute Gasteiger partial charge is 0.353 e. The minimum atomic E-state index is -0.206. The molecule has 3 aromatic rings. The highest BCUT2D eigenvalue weighted by Gasteiger charge is 2.29. The van der Waals surface area contributed by atoms with Crippen LogP contribution in [-0.4, -0.2) is 34.4 Å². The maximum Gasteiger partial charge on any atom is 0.253 e. The summed E-state index contributed by atoms with van der Waals surface area (Å²) in [5.41, 5.74) is 3.25. The number of nitrogens with zero attached hydrogens (tertiary/aromatic N) is 2. The lowest BCUT2D eigenvalue weighted by molar-refractivity contribution is -0.117. The van der Waals surface area contributed by atoms with Gasteiger partial charge in [-0.2, -0.15) is 0 Å². The first-order valence-electron chi connectivity index (χ1n) is 10.7. The Balaban J connectivity index is 1.39. The summed E-state index contributed by atoms with van der Waals surface area (Å²) < 4.78 is 2.12. The SMILES string of the molecule is Cn1cccc1[C@H]1CCCN1CC(=O)Nc1ccccc1C(=O)NCc1ccccc1. The van der Waals surface area contributed by atoms with Gasteiger partial charge in [-0.05, 0) is 49.2 Å². The van der Waals surface area contributed by atoms with Crippen LogP contribution in [0.1, 0.15) is 40.5 Å². The fourth-order valence-electron chi connectivity index (χ4n) is 4.21. The fraction of sp³-hybridized carbons (Fsp3) is 0.280. The lowest BCUT2D eigenvalue weighted by Gasteiger charge is -2.24. The Kier molecular flexibility index (Phi) is 6.48. The summed E-state index contributed by atoms with van der Waals surface area (Å²) in [7, 11) is 2.04. The molecule has 1 saturated heterocycles. The van der Waals surface area contributed by atoms with E-state index in [2.05, 4.69) is 26.2 Å². The zero-order chi connectivity index (χ0) is 21.6. The summed E-state index contributed by atoms with van der Waals surface area (Å²) in [6, 6.07) is 21.3. The monoisotopic (exact) mass is 416 g/mol. The minimum absolute atomic E-state index is 0.107. The molecule has 1 aromatic heterocycles. The third-order valence-electron chi connectivity index (χ3n) is 5.78. The molecule has 0 saturated carbocycles. The molecular weight excluding hydrogens is 388 g/mol. The van der Waals surface area contributed by atoms with Crippen LogP contribution in [0.15, 0.2) is 72.9 Å². The number of rotatable bonds is 7. The summed E-state index contributed by atoms with van der Waals surface area (Å²) in [4.78, 5) is 27.8. The van der Waals surface area contributed by atoms with Crippen LogP contribution in [0.4, 0.5) is 5.69 Å². The molecular formula is C25H28N4O2. The molecule has 1 atom stereocenters. The summed E-state index contributed by atoms with van der Waals surface area (Å²) in [6.07, 6.45) is 4.15. The number of benzene rings is 2. The van der Waals surface area contributed by atoms with Gasteiger partial charge in [-0.1, -0.05) is 42.5 Å². The Morgan fingerprint density at radius 2 is 1.77 bits per heavy atom. The van der Waals surface area contributed by atoms with Gasteiger partial charge in [0, 0.05) is 25.5 Å². The van der Waals surface area contributed by atoms with Gasteiger partial charge in [-0.3, -0.25) is 14.5 Å². The smallest absolute Gasteiger partial charge is 0.253 e. The lowest BCUT2D eigenvalue weighted by atomic mass is 10.1. The van der Waals surface area contributed by atoms with Gasteiger partial charge in [-0.15, -0.1) is 0 Å². The van der Waals surface area contributed by atoms with E-state index in [-0.39, 0.29) is 17.9 Å². The van der Waals surface area contributed by atoms with E-state index in [9.17, 15) is 9.59 Å². The second-order valence-corrected chi connectivity index (χ2v) is 7.93. The van der Waals surface area contributed by atoms with Gasteiger partial charge in [0.2, 0.25) is 5.91 Å². The average Bonchev–Trinajstić information content (AvgIpc) is 3.41. The number of nitrogens with one attached hydrogen (secondary N) is 2. The number of aryl methyl sites for hydroxylation is 1. The maximum absolute atomic E-state index is 12.8. The molecule has 0 radical (unpaired) electrons. The van der Waals surface area contributed by atoms with Crippen molar-refractivity contribution in [2.45, 2.75) is 25.4 Å². The molecule has 2 heterocycles. The van der Waals surface area contributed by atoms with Crippen molar-refractivity contribution < 1.29 is 9.59 Å². The van der Waals surface area contributed by atoms with Crippen molar-refractivity contribution in [3.8, 4) is 0 Å². The normalized spacial score (nSPS) is 16.2. The van der Waals surface area contributed by atoms with Gasteiger partial charge in [-0.25, -0.2) is 0 Å². The zero-order valence-corrected chi connectivity index (χ0v) is 17.8. The average molecular weight is 417 g/mol. The highest BCUT2D eigenvalue weighted by molar-refractivity contribution is 6.04. The summed E-state index contributed by atoms with van der Waals surface area (Å²) >= 11 is 0. The standard InChI is InChI=1S/C25H28N4O2/c1-28-15-7-13-22(28)23-14-8-16-29(23)18-24(30)27-21-12-6-5-11-20(21)25(31)26-17-19-9-3-2-4-10-19/h2-7,9-13,15,23H,8,14,16-18H2,1H3,(H,26,31)(H,27,30)/t23-/m1/s1. The number of carbonyl (C=O) groups is 2. The molecule has 1 fully saturated rings. The van der Waals surface area contributed by atoms with Crippen molar-refractivity contribution in [2.24, 2.45) is 7.05 Å². The topological polar surface area (TPSA) is 66.4 Å². The number of para-hydroxylation sites is 1. The molecule has 160 valence electrons. The van der Waals surface area contributed by atoms with Gasteiger partial charge in [0.15, 0.2) is 0 Å². The summed E-state index contributed by atoms with van der Waals surface area (Å²) in [6.45, 7) is 1.63. The molecule has 0 spiro atoms. The lowest BCUT2D eigenvalue weighted by Crippen LogP contribution is -2.34. The van der Waals surface area contributed by atoms with Gasteiger partial charge in [0.1, 0.15) is 0 Å². The second kappa shape index (κ2) is 9.62. The van der Waals surface area contributed by atoms with E-state index in [0.717, 1.165) is 24.9 Å².